The zero-order chi connectivity index (χ0) is 25.9. The van der Waals surface area contributed by atoms with Crippen LogP contribution in [0.2, 0.25) is 0 Å². The summed E-state index contributed by atoms with van der Waals surface area (Å²) in [5, 5.41) is 0. The molecule has 2 aliphatic heterocycles. The van der Waals surface area contributed by atoms with Crippen LogP contribution in [-0.4, -0.2) is 65.8 Å². The first-order valence-corrected chi connectivity index (χ1v) is 12.3. The first kappa shape index (κ1) is 24.2. The lowest BCUT2D eigenvalue weighted by Gasteiger charge is -2.37. The van der Waals surface area contributed by atoms with E-state index in [0.29, 0.717) is 48.4 Å². The third-order valence-electron chi connectivity index (χ3n) is 6.75. The van der Waals surface area contributed by atoms with E-state index in [9.17, 15) is 19.2 Å². The van der Waals surface area contributed by atoms with E-state index in [1.54, 1.807) is 60.4 Å². The first-order chi connectivity index (χ1) is 17.9. The third-order valence-corrected chi connectivity index (χ3v) is 6.75. The Kier molecular flexibility index (Phi) is 6.72. The van der Waals surface area contributed by atoms with Gasteiger partial charge in [-0.2, -0.15) is 0 Å². The second kappa shape index (κ2) is 10.3. The maximum absolute atomic E-state index is 12.9. The summed E-state index contributed by atoms with van der Waals surface area (Å²) in [5.74, 6) is -1.48. The Morgan fingerprint density at radius 3 is 1.95 bits per heavy atom. The van der Waals surface area contributed by atoms with E-state index in [4.69, 9.17) is 4.74 Å². The molecule has 188 valence electrons. The van der Waals surface area contributed by atoms with Gasteiger partial charge in [0.15, 0.2) is 6.10 Å². The molecule has 5 rings (SSSR count). The van der Waals surface area contributed by atoms with Crippen molar-refractivity contribution < 1.29 is 23.9 Å². The Balaban J connectivity index is 1.14. The average molecular weight is 498 g/mol. The van der Waals surface area contributed by atoms with Crippen molar-refractivity contribution in [2.45, 2.75) is 19.6 Å². The van der Waals surface area contributed by atoms with E-state index in [-0.39, 0.29) is 24.3 Å². The summed E-state index contributed by atoms with van der Waals surface area (Å²) in [6.45, 7) is 4.23. The Labute approximate surface area is 215 Å². The minimum Gasteiger partial charge on any atom is -0.449 e. The smallest absolute Gasteiger partial charge is 0.338 e. The van der Waals surface area contributed by atoms with Crippen LogP contribution >= 0.6 is 0 Å². The topological polar surface area (TPSA) is 87.2 Å². The average Bonchev–Trinajstić information content (AvgIpc) is 3.18. The van der Waals surface area contributed by atoms with Crippen molar-refractivity contribution in [2.75, 3.05) is 31.1 Å². The van der Waals surface area contributed by atoms with Crippen LogP contribution in [0.25, 0.3) is 0 Å². The van der Waals surface area contributed by atoms with Crippen molar-refractivity contribution in [1.29, 1.82) is 0 Å². The normalized spacial score (nSPS) is 16.0. The van der Waals surface area contributed by atoms with Gasteiger partial charge in [0.25, 0.3) is 17.7 Å². The SMILES string of the molecule is CC(OC(=O)c1ccc(CN2C(=O)c3ccccc3C2=O)cc1)C(=O)N1CCN(c2ccccc2)CC1. The van der Waals surface area contributed by atoms with Gasteiger partial charge in [0.2, 0.25) is 0 Å². The molecule has 0 aromatic heterocycles. The molecule has 1 saturated heterocycles. The maximum atomic E-state index is 12.9. The molecule has 0 N–H and O–H groups in total. The lowest BCUT2D eigenvalue weighted by Crippen LogP contribution is -2.51. The highest BCUT2D eigenvalue weighted by atomic mass is 16.5. The molecular weight excluding hydrogens is 470 g/mol. The van der Waals surface area contributed by atoms with E-state index in [0.717, 1.165) is 5.69 Å². The second-order valence-corrected chi connectivity index (χ2v) is 9.13. The zero-order valence-electron chi connectivity index (χ0n) is 20.5. The first-order valence-electron chi connectivity index (χ1n) is 12.3. The summed E-state index contributed by atoms with van der Waals surface area (Å²) >= 11 is 0. The fourth-order valence-corrected chi connectivity index (χ4v) is 4.67. The van der Waals surface area contributed by atoms with Gasteiger partial charge in [0.1, 0.15) is 0 Å². The van der Waals surface area contributed by atoms with E-state index in [1.807, 2.05) is 30.3 Å². The number of carbonyl (C=O) groups is 4. The molecule has 3 aromatic carbocycles. The molecule has 8 heteroatoms. The summed E-state index contributed by atoms with van der Waals surface area (Å²) in [4.78, 5) is 55.9. The minimum atomic E-state index is -0.909. The molecule has 1 atom stereocenters. The molecule has 2 heterocycles. The molecule has 0 saturated carbocycles. The number of hydrogen-bond donors (Lipinski definition) is 0. The zero-order valence-corrected chi connectivity index (χ0v) is 20.5. The second-order valence-electron chi connectivity index (χ2n) is 9.13. The molecule has 0 spiro atoms. The number of rotatable bonds is 6. The largest absolute Gasteiger partial charge is 0.449 e. The summed E-state index contributed by atoms with van der Waals surface area (Å²) in [7, 11) is 0. The van der Waals surface area contributed by atoms with Crippen LogP contribution in [-0.2, 0) is 16.1 Å². The van der Waals surface area contributed by atoms with Gasteiger partial charge < -0.3 is 14.5 Å². The fourth-order valence-electron chi connectivity index (χ4n) is 4.67. The number of ether oxygens (including phenoxy) is 1. The van der Waals surface area contributed by atoms with Gasteiger partial charge >= 0.3 is 5.97 Å². The van der Waals surface area contributed by atoms with E-state index >= 15 is 0 Å². The van der Waals surface area contributed by atoms with E-state index < -0.39 is 12.1 Å². The Morgan fingerprint density at radius 2 is 1.35 bits per heavy atom. The molecule has 0 radical (unpaired) electrons. The number of anilines is 1. The van der Waals surface area contributed by atoms with Crippen LogP contribution in [0.3, 0.4) is 0 Å². The molecule has 3 amide bonds. The number of amides is 3. The summed E-state index contributed by atoms with van der Waals surface area (Å²) < 4.78 is 5.45. The van der Waals surface area contributed by atoms with Crippen molar-refractivity contribution in [1.82, 2.24) is 9.80 Å². The number of para-hydroxylation sites is 1. The van der Waals surface area contributed by atoms with Gasteiger partial charge in [0, 0.05) is 31.9 Å². The predicted molar refractivity (Wildman–Crippen MR) is 137 cm³/mol. The van der Waals surface area contributed by atoms with Crippen molar-refractivity contribution in [3.63, 3.8) is 0 Å². The molecular formula is C29H27N3O5. The van der Waals surface area contributed by atoms with Crippen LogP contribution in [0.1, 0.15) is 43.6 Å². The Bertz CT molecular complexity index is 1300. The van der Waals surface area contributed by atoms with Crippen molar-refractivity contribution in [2.24, 2.45) is 0 Å². The van der Waals surface area contributed by atoms with E-state index in [2.05, 4.69) is 4.90 Å². The van der Waals surface area contributed by atoms with Crippen molar-refractivity contribution in [3.05, 3.63) is 101 Å². The Hall–Kier alpha value is -4.46. The van der Waals surface area contributed by atoms with Gasteiger partial charge in [-0.25, -0.2) is 4.79 Å². The van der Waals surface area contributed by atoms with Crippen LogP contribution in [0, 0.1) is 0 Å². The summed E-state index contributed by atoms with van der Waals surface area (Å²) in [5.41, 5.74) is 2.91. The molecule has 0 aliphatic carbocycles. The summed E-state index contributed by atoms with van der Waals surface area (Å²) in [6.07, 6.45) is -0.909. The highest BCUT2D eigenvalue weighted by molar-refractivity contribution is 6.21. The minimum absolute atomic E-state index is 0.103. The molecule has 37 heavy (non-hydrogen) atoms. The number of esters is 1. The predicted octanol–water partition coefficient (Wildman–Crippen LogP) is 3.38. The van der Waals surface area contributed by atoms with Gasteiger partial charge in [-0.3, -0.25) is 19.3 Å². The maximum Gasteiger partial charge on any atom is 0.338 e. The van der Waals surface area contributed by atoms with Gasteiger partial charge in [-0.05, 0) is 48.9 Å². The van der Waals surface area contributed by atoms with Crippen LogP contribution in [0.4, 0.5) is 5.69 Å². The van der Waals surface area contributed by atoms with Gasteiger partial charge in [-0.1, -0.05) is 42.5 Å². The monoisotopic (exact) mass is 497 g/mol. The Morgan fingerprint density at radius 1 is 0.784 bits per heavy atom. The number of piperazine rings is 1. The number of imide groups is 1. The standard InChI is InChI=1S/C29H27N3O5/c1-20(26(33)31-17-15-30(16-18-31)23-7-3-2-4-8-23)37-29(36)22-13-11-21(12-14-22)19-32-27(34)24-9-5-6-10-25(24)28(32)35/h2-14,20H,15-19H2,1H3. The van der Waals surface area contributed by atoms with Gasteiger partial charge in [0.05, 0.1) is 23.2 Å². The number of hydrogen-bond acceptors (Lipinski definition) is 6. The lowest BCUT2D eigenvalue weighted by atomic mass is 10.1. The molecule has 8 nitrogen and oxygen atoms in total. The fraction of sp³-hybridized carbons (Fsp3) is 0.241. The number of benzene rings is 3. The van der Waals surface area contributed by atoms with E-state index in [1.165, 1.54) is 4.90 Å². The van der Waals surface area contributed by atoms with Gasteiger partial charge in [-0.15, -0.1) is 0 Å². The number of nitrogens with zero attached hydrogens (tertiary/aromatic N) is 3. The van der Waals surface area contributed by atoms with Crippen LogP contribution in [0.5, 0.6) is 0 Å². The van der Waals surface area contributed by atoms with Crippen molar-refractivity contribution >= 4 is 29.4 Å². The molecule has 2 aliphatic rings. The molecule has 0 bridgehead atoms. The number of fused-ring (bicyclic) bond motifs is 1. The lowest BCUT2D eigenvalue weighted by molar-refractivity contribution is -0.140. The third kappa shape index (κ3) is 4.95. The van der Waals surface area contributed by atoms with Crippen LogP contribution < -0.4 is 4.90 Å². The highest BCUT2D eigenvalue weighted by Gasteiger charge is 2.35. The molecule has 1 fully saturated rings. The van der Waals surface area contributed by atoms with Crippen LogP contribution in [0.15, 0.2) is 78.9 Å². The number of carbonyl (C=O) groups excluding carboxylic acids is 4. The van der Waals surface area contributed by atoms with Crippen molar-refractivity contribution in [3.8, 4) is 0 Å². The molecule has 3 aromatic rings. The highest BCUT2D eigenvalue weighted by Crippen LogP contribution is 2.24. The molecule has 1 unspecified atom stereocenters. The summed E-state index contributed by atoms with van der Waals surface area (Å²) in [6, 6.07) is 23.3. The quantitative estimate of drug-likeness (QED) is 0.383.